The van der Waals surface area contributed by atoms with Gasteiger partial charge in [0.25, 0.3) is 0 Å². The summed E-state index contributed by atoms with van der Waals surface area (Å²) in [6, 6.07) is 14.8. The number of rotatable bonds is 10. The molecule has 7 nitrogen and oxygen atoms in total. The van der Waals surface area contributed by atoms with Crippen molar-refractivity contribution in [2.24, 2.45) is 0 Å². The highest BCUT2D eigenvalue weighted by atomic mass is 35.5. The zero-order valence-corrected chi connectivity index (χ0v) is 22.5. The van der Waals surface area contributed by atoms with Gasteiger partial charge in [-0.1, -0.05) is 61.0 Å². The number of anilines is 1. The van der Waals surface area contributed by atoms with Crippen LogP contribution in [0.25, 0.3) is 0 Å². The molecule has 1 aliphatic rings. The van der Waals surface area contributed by atoms with Gasteiger partial charge in [-0.2, -0.15) is 4.98 Å². The molecule has 3 aromatic rings. The molecule has 0 fully saturated rings. The number of aromatic nitrogens is 3. The first-order valence-electron chi connectivity index (χ1n) is 12.1. The summed E-state index contributed by atoms with van der Waals surface area (Å²) in [7, 11) is 0. The van der Waals surface area contributed by atoms with Crippen LogP contribution in [0.3, 0.4) is 0 Å². The van der Waals surface area contributed by atoms with Gasteiger partial charge in [-0.25, -0.2) is 9.48 Å². The highest BCUT2D eigenvalue weighted by Crippen LogP contribution is 2.37. The van der Waals surface area contributed by atoms with Gasteiger partial charge in [-0.3, -0.25) is 0 Å². The zero-order chi connectivity index (χ0) is 25.7. The van der Waals surface area contributed by atoms with Crippen LogP contribution in [-0.4, -0.2) is 32.6 Å². The number of carbonyl (C=O) groups is 1. The Bertz CT molecular complexity index is 1220. The van der Waals surface area contributed by atoms with Gasteiger partial charge in [0.05, 0.1) is 11.7 Å². The predicted molar refractivity (Wildman–Crippen MR) is 144 cm³/mol. The lowest BCUT2D eigenvalue weighted by molar-refractivity contribution is -0.143. The third-order valence-electron chi connectivity index (χ3n) is 5.64. The van der Waals surface area contributed by atoms with E-state index in [1.807, 2.05) is 69.3 Å². The van der Waals surface area contributed by atoms with Crippen LogP contribution in [0, 0.1) is 0 Å². The Morgan fingerprint density at radius 2 is 1.89 bits per heavy atom. The van der Waals surface area contributed by atoms with Crippen LogP contribution >= 0.6 is 23.4 Å². The number of fused-ring (bicyclic) bond motifs is 1. The second-order valence-corrected chi connectivity index (χ2v) is 10.4. The van der Waals surface area contributed by atoms with E-state index in [2.05, 4.69) is 17.2 Å². The Hall–Kier alpha value is -2.97. The average molecular weight is 527 g/mol. The van der Waals surface area contributed by atoms with E-state index in [4.69, 9.17) is 26.2 Å². The summed E-state index contributed by atoms with van der Waals surface area (Å²) in [6.07, 6.45) is 1.96. The molecule has 36 heavy (non-hydrogen) atoms. The van der Waals surface area contributed by atoms with E-state index in [9.17, 15) is 4.79 Å². The molecule has 4 rings (SSSR count). The second kappa shape index (κ2) is 11.8. The van der Waals surface area contributed by atoms with Crippen LogP contribution in [0.5, 0.6) is 5.75 Å². The number of nitrogens with zero attached hydrogens (tertiary/aromatic N) is 3. The molecule has 0 saturated heterocycles. The number of nitrogens with one attached hydrogen (secondary N) is 1. The molecule has 0 spiro atoms. The van der Waals surface area contributed by atoms with E-state index in [1.165, 1.54) is 0 Å². The van der Waals surface area contributed by atoms with Crippen LogP contribution in [0.4, 0.5) is 5.95 Å². The largest absolute Gasteiger partial charge is 0.489 e. The highest BCUT2D eigenvalue weighted by Gasteiger charge is 2.35. The summed E-state index contributed by atoms with van der Waals surface area (Å²) >= 11 is 7.59. The lowest BCUT2D eigenvalue weighted by Crippen LogP contribution is -2.30. The van der Waals surface area contributed by atoms with E-state index in [0.717, 1.165) is 35.5 Å². The molecule has 0 bridgehead atoms. The van der Waals surface area contributed by atoms with Crippen molar-refractivity contribution in [3.8, 4) is 5.75 Å². The molecule has 2 aromatic carbocycles. The van der Waals surface area contributed by atoms with E-state index >= 15 is 0 Å². The van der Waals surface area contributed by atoms with Crippen molar-refractivity contribution in [2.45, 2.75) is 64.4 Å². The van der Waals surface area contributed by atoms with E-state index in [-0.39, 0.29) is 12.1 Å². The number of allylic oxidation sites excluding steroid dienone is 1. The summed E-state index contributed by atoms with van der Waals surface area (Å²) in [5.74, 6) is 1.91. The Morgan fingerprint density at radius 3 is 2.56 bits per heavy atom. The molecular formula is C27H31ClN4O3S. The molecule has 190 valence electrons. The van der Waals surface area contributed by atoms with Crippen molar-refractivity contribution < 1.29 is 14.3 Å². The number of carbonyl (C=O) groups excluding carboxylic acids is 1. The van der Waals surface area contributed by atoms with Gasteiger partial charge in [0.2, 0.25) is 11.1 Å². The van der Waals surface area contributed by atoms with E-state index < -0.39 is 6.04 Å². The third-order valence-corrected chi connectivity index (χ3v) is 6.82. The summed E-state index contributed by atoms with van der Waals surface area (Å²) < 4.78 is 13.3. The average Bonchev–Trinajstić information content (AvgIpc) is 3.25. The second-order valence-electron chi connectivity index (χ2n) is 8.87. The van der Waals surface area contributed by atoms with E-state index in [1.54, 1.807) is 16.4 Å². The fraction of sp³-hybridized carbons (Fsp3) is 0.370. The summed E-state index contributed by atoms with van der Waals surface area (Å²) in [4.78, 5) is 17.8. The number of thioether (sulfide) groups is 1. The smallest absolute Gasteiger partial charge is 0.338 e. The number of hydrogen-bond acceptors (Lipinski definition) is 7. The van der Waals surface area contributed by atoms with Crippen molar-refractivity contribution in [3.63, 3.8) is 0 Å². The molecule has 2 heterocycles. The fourth-order valence-corrected chi connectivity index (χ4v) is 4.88. The van der Waals surface area contributed by atoms with Crippen molar-refractivity contribution in [1.82, 2.24) is 14.8 Å². The Labute approximate surface area is 221 Å². The van der Waals surface area contributed by atoms with Crippen molar-refractivity contribution in [1.29, 1.82) is 0 Å². The molecule has 1 atom stereocenters. The van der Waals surface area contributed by atoms with Gasteiger partial charge in [0.1, 0.15) is 18.4 Å². The quantitative estimate of drug-likeness (QED) is 0.180. The Kier molecular flexibility index (Phi) is 8.59. The summed E-state index contributed by atoms with van der Waals surface area (Å²) in [5.41, 5.74) is 3.14. The molecule has 0 amide bonds. The maximum atomic E-state index is 13.2. The SMILES string of the molecule is CCCCSc1nc2n(n1)C(c1ccc(OCc3ccc(Cl)cc3)cc1)C(C(=O)OC(C)C)=C(C)N2. The first kappa shape index (κ1) is 26.1. The lowest BCUT2D eigenvalue weighted by Gasteiger charge is -2.28. The number of ether oxygens (including phenoxy) is 2. The van der Waals surface area contributed by atoms with Crippen molar-refractivity contribution >= 4 is 35.3 Å². The number of unbranched alkanes of at least 4 members (excludes halogenated alkanes) is 1. The normalized spacial score (nSPS) is 15.0. The maximum Gasteiger partial charge on any atom is 0.338 e. The summed E-state index contributed by atoms with van der Waals surface area (Å²) in [5, 5.41) is 9.38. The molecule has 1 aromatic heterocycles. The third kappa shape index (κ3) is 6.23. The number of hydrogen-bond donors (Lipinski definition) is 1. The predicted octanol–water partition coefficient (Wildman–Crippen LogP) is 6.64. The van der Waals surface area contributed by atoms with Crippen LogP contribution in [0.1, 0.15) is 57.7 Å². The Morgan fingerprint density at radius 1 is 1.17 bits per heavy atom. The van der Waals surface area contributed by atoms with Gasteiger partial charge in [0, 0.05) is 16.5 Å². The fourth-order valence-electron chi connectivity index (χ4n) is 3.84. The standard InChI is InChI=1S/C27H31ClN4O3S/c1-5-6-15-36-27-30-26-29-18(4)23(25(33)35-17(2)3)24(32(26)31-27)20-9-13-22(14-10-20)34-16-19-7-11-21(28)12-8-19/h7-14,17,24H,5-6,15-16H2,1-4H3,(H,29,30,31). The first-order chi connectivity index (χ1) is 17.4. The molecule has 1 unspecified atom stereocenters. The number of halogens is 1. The topological polar surface area (TPSA) is 78.3 Å². The molecule has 0 radical (unpaired) electrons. The van der Waals surface area contributed by atoms with Crippen LogP contribution in [0.15, 0.2) is 65.0 Å². The van der Waals surface area contributed by atoms with Crippen molar-refractivity contribution in [2.75, 3.05) is 11.1 Å². The van der Waals surface area contributed by atoms with Crippen molar-refractivity contribution in [3.05, 3.63) is 76.0 Å². The van der Waals surface area contributed by atoms with Gasteiger partial charge in [-0.05, 0) is 62.6 Å². The molecule has 0 aliphatic carbocycles. The number of esters is 1. The monoisotopic (exact) mass is 526 g/mol. The van der Waals surface area contributed by atoms with E-state index in [0.29, 0.717) is 34.0 Å². The van der Waals surface area contributed by atoms with Gasteiger partial charge < -0.3 is 14.8 Å². The minimum Gasteiger partial charge on any atom is -0.489 e. The lowest BCUT2D eigenvalue weighted by atomic mass is 9.95. The maximum absolute atomic E-state index is 13.2. The minimum absolute atomic E-state index is 0.237. The molecule has 0 saturated carbocycles. The summed E-state index contributed by atoms with van der Waals surface area (Å²) in [6.45, 7) is 8.15. The molecule has 9 heteroatoms. The van der Waals surface area contributed by atoms with Crippen LogP contribution < -0.4 is 10.1 Å². The highest BCUT2D eigenvalue weighted by molar-refractivity contribution is 7.99. The Balaban J connectivity index is 1.61. The zero-order valence-electron chi connectivity index (χ0n) is 21.0. The molecular weight excluding hydrogens is 496 g/mol. The minimum atomic E-state index is -0.467. The number of benzene rings is 2. The van der Waals surface area contributed by atoms with Gasteiger partial charge >= 0.3 is 5.97 Å². The molecule has 1 aliphatic heterocycles. The first-order valence-corrected chi connectivity index (χ1v) is 13.5. The van der Waals surface area contributed by atoms with Gasteiger partial charge in [-0.15, -0.1) is 5.10 Å². The van der Waals surface area contributed by atoms with Crippen LogP contribution in [0.2, 0.25) is 5.02 Å². The van der Waals surface area contributed by atoms with Gasteiger partial charge in [0.15, 0.2) is 0 Å². The molecule has 1 N–H and O–H groups in total. The van der Waals surface area contributed by atoms with Crippen LogP contribution in [-0.2, 0) is 16.1 Å².